The highest BCUT2D eigenvalue weighted by atomic mass is 35.5. The smallest absolute Gasteiger partial charge is 0.220 e. The van der Waals surface area contributed by atoms with Crippen LogP contribution in [0.5, 0.6) is 5.88 Å². The van der Waals surface area contributed by atoms with Gasteiger partial charge in [0.2, 0.25) is 5.88 Å². The molecule has 1 N–H and O–H groups in total. The van der Waals surface area contributed by atoms with Crippen molar-refractivity contribution >= 4 is 11.6 Å². The van der Waals surface area contributed by atoms with Crippen LogP contribution in [0.3, 0.4) is 0 Å². The van der Waals surface area contributed by atoms with Gasteiger partial charge in [0, 0.05) is 5.56 Å². The Hall–Kier alpha value is -1.58. The Kier molecular flexibility index (Phi) is 4.40. The summed E-state index contributed by atoms with van der Waals surface area (Å²) in [5, 5.41) is 10.7. The number of ether oxygens (including phenoxy) is 1. The fourth-order valence-electron chi connectivity index (χ4n) is 1.92. The maximum atomic E-state index is 10.4. The van der Waals surface area contributed by atoms with Gasteiger partial charge in [0.25, 0.3) is 0 Å². The number of methoxy groups -OCH3 is 1. The molecule has 1 aromatic heterocycles. The van der Waals surface area contributed by atoms with Crippen LogP contribution >= 0.6 is 11.6 Å². The Morgan fingerprint density at radius 3 is 2.47 bits per heavy atom. The van der Waals surface area contributed by atoms with E-state index in [9.17, 15) is 5.11 Å². The third-order valence-electron chi connectivity index (χ3n) is 3.05. The van der Waals surface area contributed by atoms with Crippen LogP contribution in [0.1, 0.15) is 29.7 Å². The molecule has 1 heterocycles. The number of aryl methyl sites for hydroxylation is 1. The van der Waals surface area contributed by atoms with E-state index in [-0.39, 0.29) is 0 Å². The van der Waals surface area contributed by atoms with Crippen molar-refractivity contribution in [3.05, 3.63) is 58.2 Å². The van der Waals surface area contributed by atoms with Crippen LogP contribution in [0.15, 0.2) is 36.4 Å². The highest BCUT2D eigenvalue weighted by molar-refractivity contribution is 6.29. The van der Waals surface area contributed by atoms with E-state index in [1.807, 2.05) is 24.3 Å². The molecule has 100 valence electrons. The predicted molar refractivity (Wildman–Crippen MR) is 75.7 cm³/mol. The molecule has 19 heavy (non-hydrogen) atoms. The zero-order valence-corrected chi connectivity index (χ0v) is 11.7. The Morgan fingerprint density at radius 1 is 1.21 bits per heavy atom. The van der Waals surface area contributed by atoms with Crippen LogP contribution in [-0.4, -0.2) is 17.2 Å². The van der Waals surface area contributed by atoms with Gasteiger partial charge < -0.3 is 9.84 Å². The molecule has 0 saturated heterocycles. The number of aliphatic hydroxyl groups excluding tert-OH is 1. The second-order valence-electron chi connectivity index (χ2n) is 4.23. The number of halogens is 1. The summed E-state index contributed by atoms with van der Waals surface area (Å²) in [6.07, 6.45) is 0.202. The zero-order valence-electron chi connectivity index (χ0n) is 10.9. The van der Waals surface area contributed by atoms with Gasteiger partial charge in [0.1, 0.15) is 11.3 Å². The molecule has 0 aliphatic heterocycles. The van der Waals surface area contributed by atoms with Crippen LogP contribution in [-0.2, 0) is 6.42 Å². The van der Waals surface area contributed by atoms with Gasteiger partial charge in [-0.15, -0.1) is 0 Å². The highest BCUT2D eigenvalue weighted by Gasteiger charge is 2.16. The lowest BCUT2D eigenvalue weighted by atomic mass is 10.0. The normalized spacial score (nSPS) is 12.2. The van der Waals surface area contributed by atoms with Gasteiger partial charge in [-0.25, -0.2) is 4.98 Å². The van der Waals surface area contributed by atoms with Crippen molar-refractivity contribution in [2.75, 3.05) is 7.11 Å². The first-order valence-electron chi connectivity index (χ1n) is 6.13. The maximum Gasteiger partial charge on any atom is 0.220 e. The minimum Gasteiger partial charge on any atom is -0.481 e. The van der Waals surface area contributed by atoms with Gasteiger partial charge in [0.15, 0.2) is 0 Å². The molecule has 0 radical (unpaired) electrons. The first-order valence-corrected chi connectivity index (χ1v) is 6.50. The number of pyridine rings is 1. The van der Waals surface area contributed by atoms with E-state index < -0.39 is 6.10 Å². The van der Waals surface area contributed by atoms with Gasteiger partial charge in [-0.1, -0.05) is 42.8 Å². The average molecular weight is 278 g/mol. The van der Waals surface area contributed by atoms with Gasteiger partial charge in [0.05, 0.1) is 7.11 Å². The lowest BCUT2D eigenvalue weighted by molar-refractivity contribution is 0.213. The Labute approximate surface area is 117 Å². The second-order valence-corrected chi connectivity index (χ2v) is 4.62. The number of rotatable bonds is 4. The summed E-state index contributed by atoms with van der Waals surface area (Å²) in [7, 11) is 1.51. The van der Waals surface area contributed by atoms with Gasteiger partial charge in [-0.2, -0.15) is 0 Å². The Balaban J connectivity index is 2.34. The number of aliphatic hydroxyl groups is 1. The molecule has 1 unspecified atom stereocenters. The molecule has 4 heteroatoms. The highest BCUT2D eigenvalue weighted by Crippen LogP contribution is 2.29. The van der Waals surface area contributed by atoms with Crippen LogP contribution in [0.4, 0.5) is 0 Å². The summed E-state index contributed by atoms with van der Waals surface area (Å²) in [6, 6.07) is 11.2. The quantitative estimate of drug-likeness (QED) is 0.871. The van der Waals surface area contributed by atoms with E-state index >= 15 is 0 Å². The fourth-order valence-corrected chi connectivity index (χ4v) is 2.06. The molecule has 2 aromatic rings. The summed E-state index contributed by atoms with van der Waals surface area (Å²) in [5.41, 5.74) is 2.65. The van der Waals surface area contributed by atoms with E-state index in [1.54, 1.807) is 12.1 Å². The lowest BCUT2D eigenvalue weighted by Gasteiger charge is -2.14. The summed E-state index contributed by atoms with van der Waals surface area (Å²) >= 11 is 5.81. The molecular weight excluding hydrogens is 262 g/mol. The minimum atomic E-state index is -0.773. The van der Waals surface area contributed by atoms with Crippen LogP contribution in [0.2, 0.25) is 5.15 Å². The number of hydrogen-bond donors (Lipinski definition) is 1. The molecule has 0 bridgehead atoms. The van der Waals surface area contributed by atoms with Crippen molar-refractivity contribution in [3.63, 3.8) is 0 Å². The summed E-state index contributed by atoms with van der Waals surface area (Å²) < 4.78 is 5.16. The molecule has 1 atom stereocenters. The van der Waals surface area contributed by atoms with Gasteiger partial charge in [-0.3, -0.25) is 0 Å². The molecule has 3 nitrogen and oxygen atoms in total. The monoisotopic (exact) mass is 277 g/mol. The third-order valence-corrected chi connectivity index (χ3v) is 3.26. The first-order chi connectivity index (χ1) is 9.15. The summed E-state index contributed by atoms with van der Waals surface area (Å²) in [6.45, 7) is 2.09. The molecule has 0 fully saturated rings. The van der Waals surface area contributed by atoms with Crippen molar-refractivity contribution in [1.82, 2.24) is 4.98 Å². The number of hydrogen-bond acceptors (Lipinski definition) is 3. The van der Waals surface area contributed by atoms with Crippen LogP contribution in [0, 0.1) is 0 Å². The lowest BCUT2D eigenvalue weighted by Crippen LogP contribution is -2.04. The van der Waals surface area contributed by atoms with Gasteiger partial charge >= 0.3 is 0 Å². The van der Waals surface area contributed by atoms with Crippen molar-refractivity contribution in [2.45, 2.75) is 19.4 Å². The van der Waals surface area contributed by atoms with Crippen molar-refractivity contribution < 1.29 is 9.84 Å². The first kappa shape index (κ1) is 13.8. The van der Waals surface area contributed by atoms with Crippen molar-refractivity contribution in [2.24, 2.45) is 0 Å². The largest absolute Gasteiger partial charge is 0.481 e. The Morgan fingerprint density at radius 2 is 1.89 bits per heavy atom. The second kappa shape index (κ2) is 6.04. The fraction of sp³-hybridized carbons (Fsp3) is 0.267. The van der Waals surface area contributed by atoms with Crippen LogP contribution in [0.25, 0.3) is 0 Å². The topological polar surface area (TPSA) is 42.4 Å². The van der Waals surface area contributed by atoms with Crippen molar-refractivity contribution in [1.29, 1.82) is 0 Å². The molecule has 0 aliphatic rings. The number of nitrogens with zero attached hydrogens (tertiary/aromatic N) is 1. The minimum absolute atomic E-state index is 0.342. The van der Waals surface area contributed by atoms with E-state index in [0.29, 0.717) is 16.6 Å². The van der Waals surface area contributed by atoms with E-state index in [1.165, 1.54) is 12.7 Å². The van der Waals surface area contributed by atoms with Crippen LogP contribution < -0.4 is 4.74 Å². The number of aromatic nitrogens is 1. The van der Waals surface area contributed by atoms with E-state index in [4.69, 9.17) is 16.3 Å². The third kappa shape index (κ3) is 3.06. The number of benzene rings is 1. The average Bonchev–Trinajstić information content (AvgIpc) is 2.46. The molecule has 0 amide bonds. The molecular formula is C15H16ClNO2. The molecule has 2 rings (SSSR count). The SMILES string of the molecule is CCc1ccc(C(O)c2ccc(Cl)nc2OC)cc1. The molecule has 1 aromatic carbocycles. The zero-order chi connectivity index (χ0) is 13.8. The molecule has 0 spiro atoms. The maximum absolute atomic E-state index is 10.4. The van der Waals surface area contributed by atoms with Crippen molar-refractivity contribution in [3.8, 4) is 5.88 Å². The molecule has 0 saturated carbocycles. The Bertz CT molecular complexity index is 555. The summed E-state index contributed by atoms with van der Waals surface area (Å²) in [5.74, 6) is 0.347. The predicted octanol–water partition coefficient (Wildman–Crippen LogP) is 3.39. The van der Waals surface area contributed by atoms with E-state index in [2.05, 4.69) is 11.9 Å². The standard InChI is InChI=1S/C15H16ClNO2/c1-3-10-4-6-11(7-5-10)14(18)12-8-9-13(16)17-15(12)19-2/h4-9,14,18H,3H2,1-2H3. The summed E-state index contributed by atoms with van der Waals surface area (Å²) in [4.78, 5) is 4.06. The van der Waals surface area contributed by atoms with E-state index in [0.717, 1.165) is 12.0 Å². The van der Waals surface area contributed by atoms with Gasteiger partial charge in [-0.05, 0) is 29.7 Å². The molecule has 0 aliphatic carbocycles.